The third-order valence-electron chi connectivity index (χ3n) is 11.8. The molecule has 4 aliphatic carbocycles. The van der Waals surface area contributed by atoms with Crippen molar-refractivity contribution >= 4 is 5.78 Å². The van der Waals surface area contributed by atoms with E-state index in [0.717, 1.165) is 86.5 Å². The molecule has 2 saturated carbocycles. The minimum absolute atomic E-state index is 0.188. The van der Waals surface area contributed by atoms with Crippen molar-refractivity contribution < 1.29 is 26.7 Å². The van der Waals surface area contributed by atoms with Crippen molar-refractivity contribution in [3.63, 3.8) is 0 Å². The largest absolute Gasteiger partial charge is 0.453 e. The van der Waals surface area contributed by atoms with Crippen LogP contribution in [0, 0.1) is 23.2 Å². The first-order chi connectivity index (χ1) is 21.9. The van der Waals surface area contributed by atoms with Crippen molar-refractivity contribution in [1.29, 1.82) is 0 Å². The SMILES string of the molecule is C[C@@]12CCC[C@H]1[C@H]1C(=C3CCC(=O)C=C3CC1C(F)(F)C(F)(F)F)C(c1ccc(CN3CCN(Cc4ccccn4)CC3)cc1)C2. The highest BCUT2D eigenvalue weighted by molar-refractivity contribution is 5.93. The lowest BCUT2D eigenvalue weighted by molar-refractivity contribution is -0.310. The van der Waals surface area contributed by atoms with Gasteiger partial charge in [0, 0.05) is 63.7 Å². The van der Waals surface area contributed by atoms with Crippen molar-refractivity contribution in [3.8, 4) is 0 Å². The number of benzene rings is 1. The number of rotatable bonds is 6. The molecule has 0 radical (unpaired) electrons. The summed E-state index contributed by atoms with van der Waals surface area (Å²) < 4.78 is 73.1. The summed E-state index contributed by atoms with van der Waals surface area (Å²) in [6.45, 7) is 7.54. The van der Waals surface area contributed by atoms with E-state index in [2.05, 4.69) is 46.0 Å². The van der Waals surface area contributed by atoms with Gasteiger partial charge in [0.25, 0.3) is 0 Å². The summed E-state index contributed by atoms with van der Waals surface area (Å²) in [4.78, 5) is 21.7. The quantitative estimate of drug-likeness (QED) is 0.299. The van der Waals surface area contributed by atoms with Crippen LogP contribution in [0.3, 0.4) is 0 Å². The highest BCUT2D eigenvalue weighted by Crippen LogP contribution is 2.67. The summed E-state index contributed by atoms with van der Waals surface area (Å²) in [5.74, 6) is -8.25. The van der Waals surface area contributed by atoms with Gasteiger partial charge in [0.15, 0.2) is 5.78 Å². The molecule has 1 aliphatic heterocycles. The van der Waals surface area contributed by atoms with E-state index in [0.29, 0.717) is 18.4 Å². The number of piperazine rings is 1. The Bertz CT molecular complexity index is 1510. The maximum atomic E-state index is 15.5. The van der Waals surface area contributed by atoms with Gasteiger partial charge >= 0.3 is 12.1 Å². The normalized spacial score (nSPS) is 30.9. The van der Waals surface area contributed by atoms with Gasteiger partial charge in [0.2, 0.25) is 0 Å². The zero-order valence-corrected chi connectivity index (χ0v) is 26.3. The van der Waals surface area contributed by atoms with Crippen LogP contribution in [0.1, 0.15) is 74.6 Å². The molecule has 2 unspecified atom stereocenters. The van der Waals surface area contributed by atoms with E-state index < -0.39 is 30.4 Å². The second kappa shape index (κ2) is 12.0. The van der Waals surface area contributed by atoms with Crippen LogP contribution in [0.2, 0.25) is 0 Å². The summed E-state index contributed by atoms with van der Waals surface area (Å²) in [5.41, 5.74) is 4.95. The predicted molar refractivity (Wildman–Crippen MR) is 166 cm³/mol. The molecule has 1 saturated heterocycles. The fraction of sp³-hybridized carbons (Fsp3) is 0.568. The molecule has 0 amide bonds. The van der Waals surface area contributed by atoms with Gasteiger partial charge in [-0.2, -0.15) is 22.0 Å². The molecule has 9 heteroatoms. The molecule has 46 heavy (non-hydrogen) atoms. The van der Waals surface area contributed by atoms with Crippen molar-refractivity contribution in [1.82, 2.24) is 14.8 Å². The average molecular weight is 640 g/mol. The lowest BCUT2D eigenvalue weighted by Crippen LogP contribution is -2.53. The summed E-state index contributed by atoms with van der Waals surface area (Å²) in [6, 6.07) is 14.3. The number of carbonyl (C=O) groups excluding carboxylic acids is 1. The smallest absolute Gasteiger partial charge is 0.297 e. The van der Waals surface area contributed by atoms with Gasteiger partial charge in [0.1, 0.15) is 0 Å². The lowest BCUT2D eigenvalue weighted by Gasteiger charge is -2.55. The van der Waals surface area contributed by atoms with Crippen LogP contribution in [0.4, 0.5) is 22.0 Å². The van der Waals surface area contributed by atoms with Crippen LogP contribution >= 0.6 is 0 Å². The molecular weight excluding hydrogens is 597 g/mol. The highest BCUT2D eigenvalue weighted by atomic mass is 19.4. The van der Waals surface area contributed by atoms with E-state index in [1.807, 2.05) is 24.4 Å². The Morgan fingerprint density at radius 1 is 0.935 bits per heavy atom. The molecule has 0 spiro atoms. The molecule has 7 rings (SSSR count). The first-order valence-electron chi connectivity index (χ1n) is 16.8. The predicted octanol–water partition coefficient (Wildman–Crippen LogP) is 8.11. The number of alkyl halides is 5. The van der Waals surface area contributed by atoms with Gasteiger partial charge in [0.05, 0.1) is 5.69 Å². The molecule has 1 aromatic carbocycles. The molecule has 4 nitrogen and oxygen atoms in total. The average Bonchev–Trinajstić information content (AvgIpc) is 3.42. The number of pyridine rings is 1. The van der Waals surface area contributed by atoms with Crippen LogP contribution in [-0.4, -0.2) is 58.8 Å². The van der Waals surface area contributed by atoms with Crippen LogP contribution < -0.4 is 0 Å². The number of hydrogen-bond donors (Lipinski definition) is 0. The van der Waals surface area contributed by atoms with Crippen molar-refractivity contribution in [2.45, 2.75) is 83.0 Å². The van der Waals surface area contributed by atoms with E-state index >= 15 is 8.78 Å². The second-order valence-electron chi connectivity index (χ2n) is 14.6. The summed E-state index contributed by atoms with van der Waals surface area (Å²) in [6.07, 6.45) is 0.918. The Kier molecular flexibility index (Phi) is 8.23. The van der Waals surface area contributed by atoms with Gasteiger partial charge in [-0.3, -0.25) is 19.6 Å². The fourth-order valence-electron chi connectivity index (χ4n) is 9.50. The standard InChI is InChI=1S/C37H42F5N3O/c1-35-13-4-6-31(35)34-32(36(38,39)37(40,41)42)20-26-19-28(46)11-12-29(26)33(34)30(21-35)25-9-7-24(8-10-25)22-44-15-17-45(18-16-44)23-27-5-2-3-14-43-27/h2-3,5,7-10,14,19,30-32,34H,4,6,11-13,15-18,20-23H2,1H3/t30?,31-,32?,34+,35-/m0/s1. The van der Waals surface area contributed by atoms with Crippen LogP contribution in [0.15, 0.2) is 71.5 Å². The Morgan fingerprint density at radius 2 is 1.65 bits per heavy atom. The molecule has 2 aromatic rings. The maximum Gasteiger partial charge on any atom is 0.453 e. The zero-order chi connectivity index (χ0) is 32.3. The topological polar surface area (TPSA) is 36.4 Å². The molecule has 3 fully saturated rings. The highest BCUT2D eigenvalue weighted by Gasteiger charge is 2.68. The lowest BCUT2D eigenvalue weighted by atomic mass is 9.50. The monoisotopic (exact) mass is 639 g/mol. The molecule has 0 N–H and O–H groups in total. The van der Waals surface area contributed by atoms with Crippen LogP contribution in [0.5, 0.6) is 0 Å². The van der Waals surface area contributed by atoms with Crippen LogP contribution in [-0.2, 0) is 17.9 Å². The van der Waals surface area contributed by atoms with Gasteiger partial charge < -0.3 is 0 Å². The molecular formula is C37H42F5N3O. The van der Waals surface area contributed by atoms with E-state index in [1.165, 1.54) is 6.08 Å². The van der Waals surface area contributed by atoms with Gasteiger partial charge in [-0.25, -0.2) is 0 Å². The minimum Gasteiger partial charge on any atom is -0.297 e. The number of carbonyl (C=O) groups is 1. The summed E-state index contributed by atoms with van der Waals surface area (Å²) >= 11 is 0. The van der Waals surface area contributed by atoms with E-state index in [1.54, 1.807) is 0 Å². The Balaban J connectivity index is 1.15. The molecule has 5 aliphatic rings. The van der Waals surface area contributed by atoms with Crippen molar-refractivity contribution in [2.24, 2.45) is 23.2 Å². The number of allylic oxidation sites excluding steroid dienone is 4. The van der Waals surface area contributed by atoms with E-state index in [4.69, 9.17) is 0 Å². The number of hydrogen-bond acceptors (Lipinski definition) is 4. The zero-order valence-electron chi connectivity index (χ0n) is 26.3. The number of aromatic nitrogens is 1. The molecule has 0 bridgehead atoms. The molecule has 2 heterocycles. The maximum absolute atomic E-state index is 15.5. The molecule has 1 aromatic heterocycles. The van der Waals surface area contributed by atoms with E-state index in [-0.39, 0.29) is 29.5 Å². The summed E-state index contributed by atoms with van der Waals surface area (Å²) in [7, 11) is 0. The van der Waals surface area contributed by atoms with Gasteiger partial charge in [-0.15, -0.1) is 0 Å². The van der Waals surface area contributed by atoms with Crippen LogP contribution in [0.25, 0.3) is 0 Å². The van der Waals surface area contributed by atoms with Crippen molar-refractivity contribution in [3.05, 3.63) is 88.3 Å². The first-order valence-corrected chi connectivity index (χ1v) is 16.8. The molecule has 5 atom stereocenters. The van der Waals surface area contributed by atoms with Gasteiger partial charge in [-0.05, 0) is 89.8 Å². The Morgan fingerprint density at radius 3 is 2.33 bits per heavy atom. The number of ketones is 1. The Hall–Kier alpha value is -2.91. The number of fused-ring (bicyclic) bond motifs is 4. The first kappa shape index (κ1) is 31.7. The number of nitrogens with zero attached hydrogens (tertiary/aromatic N) is 3. The van der Waals surface area contributed by atoms with Crippen molar-refractivity contribution in [2.75, 3.05) is 26.2 Å². The third-order valence-corrected chi connectivity index (χ3v) is 11.8. The summed E-state index contributed by atoms with van der Waals surface area (Å²) in [5, 5.41) is 0. The third kappa shape index (κ3) is 5.76. The minimum atomic E-state index is -5.65. The van der Waals surface area contributed by atoms with E-state index in [9.17, 15) is 18.0 Å². The van der Waals surface area contributed by atoms with Gasteiger partial charge in [-0.1, -0.05) is 49.2 Å². The second-order valence-corrected chi connectivity index (χ2v) is 14.6. The fourth-order valence-corrected chi connectivity index (χ4v) is 9.50. The number of halogens is 5. The molecule has 246 valence electrons. The Labute approximate surface area is 267 Å².